The van der Waals surface area contributed by atoms with E-state index in [-0.39, 0.29) is 0 Å². The summed E-state index contributed by atoms with van der Waals surface area (Å²) in [6.45, 7) is 3.24. The van der Waals surface area contributed by atoms with Crippen molar-refractivity contribution in [1.82, 2.24) is 4.98 Å². The molecular formula is C14H18N2OS. The molecule has 1 aromatic carbocycles. The minimum Gasteiger partial charge on any atom is -0.486 e. The lowest BCUT2D eigenvalue weighted by Crippen LogP contribution is -1.98. The van der Waals surface area contributed by atoms with Crippen LogP contribution in [0, 0.1) is 0 Å². The van der Waals surface area contributed by atoms with Crippen LogP contribution in [0.4, 0.5) is 0 Å². The van der Waals surface area contributed by atoms with Crippen LogP contribution in [0.5, 0.6) is 5.75 Å². The van der Waals surface area contributed by atoms with Gasteiger partial charge in [-0.05, 0) is 18.6 Å². The van der Waals surface area contributed by atoms with Gasteiger partial charge in [-0.25, -0.2) is 4.98 Å². The highest BCUT2D eigenvalue weighted by atomic mass is 32.1. The van der Waals surface area contributed by atoms with E-state index in [4.69, 9.17) is 10.5 Å². The first kappa shape index (κ1) is 13.1. The van der Waals surface area contributed by atoms with Gasteiger partial charge in [-0.1, -0.05) is 31.5 Å². The van der Waals surface area contributed by atoms with Crippen molar-refractivity contribution in [3.8, 4) is 5.75 Å². The van der Waals surface area contributed by atoms with Crippen molar-refractivity contribution in [3.05, 3.63) is 45.9 Å². The van der Waals surface area contributed by atoms with Crippen molar-refractivity contribution in [2.45, 2.75) is 32.9 Å². The van der Waals surface area contributed by atoms with Gasteiger partial charge < -0.3 is 10.5 Å². The Morgan fingerprint density at radius 3 is 2.72 bits per heavy atom. The zero-order valence-electron chi connectivity index (χ0n) is 10.6. The van der Waals surface area contributed by atoms with E-state index in [1.54, 1.807) is 11.3 Å². The molecule has 18 heavy (non-hydrogen) atoms. The van der Waals surface area contributed by atoms with Crippen molar-refractivity contribution >= 4 is 11.3 Å². The first-order valence-corrected chi connectivity index (χ1v) is 7.00. The Labute approximate surface area is 112 Å². The first-order chi connectivity index (χ1) is 8.83. The average molecular weight is 262 g/mol. The van der Waals surface area contributed by atoms with Gasteiger partial charge in [0, 0.05) is 11.4 Å². The van der Waals surface area contributed by atoms with Crippen molar-refractivity contribution in [2.24, 2.45) is 5.73 Å². The molecule has 0 aliphatic carbocycles. The third-order valence-electron chi connectivity index (χ3n) is 2.60. The van der Waals surface area contributed by atoms with Gasteiger partial charge in [0.05, 0.1) is 5.69 Å². The lowest BCUT2D eigenvalue weighted by Gasteiger charge is -2.02. The number of rotatable bonds is 6. The van der Waals surface area contributed by atoms with Crippen LogP contribution in [-0.2, 0) is 19.6 Å². The molecule has 0 unspecified atom stereocenters. The normalized spacial score (nSPS) is 10.6. The van der Waals surface area contributed by atoms with Gasteiger partial charge in [0.1, 0.15) is 17.4 Å². The Balaban J connectivity index is 2.01. The molecule has 0 radical (unpaired) electrons. The molecule has 2 rings (SSSR count). The fraction of sp³-hybridized carbons (Fsp3) is 0.357. The van der Waals surface area contributed by atoms with Gasteiger partial charge in [-0.3, -0.25) is 0 Å². The second-order valence-electron chi connectivity index (χ2n) is 4.03. The minimum absolute atomic E-state index is 0.519. The SMILES string of the molecule is CCCc1nc(COc2ccccc2)sc1CN. The van der Waals surface area contributed by atoms with E-state index in [1.165, 1.54) is 4.88 Å². The topological polar surface area (TPSA) is 48.1 Å². The highest BCUT2D eigenvalue weighted by Crippen LogP contribution is 2.21. The van der Waals surface area contributed by atoms with Crippen molar-refractivity contribution in [2.75, 3.05) is 0 Å². The summed E-state index contributed by atoms with van der Waals surface area (Å²) in [5, 5.41) is 1.00. The van der Waals surface area contributed by atoms with Gasteiger partial charge in [0.2, 0.25) is 0 Å². The van der Waals surface area contributed by atoms with Crippen LogP contribution >= 0.6 is 11.3 Å². The summed E-state index contributed by atoms with van der Waals surface area (Å²) in [5.74, 6) is 0.874. The molecule has 0 amide bonds. The van der Waals surface area contributed by atoms with Crippen molar-refractivity contribution in [3.63, 3.8) is 0 Å². The second-order valence-corrected chi connectivity index (χ2v) is 5.20. The third kappa shape index (κ3) is 3.31. The first-order valence-electron chi connectivity index (χ1n) is 6.18. The van der Waals surface area contributed by atoms with Crippen LogP contribution < -0.4 is 10.5 Å². The van der Waals surface area contributed by atoms with Gasteiger partial charge >= 0.3 is 0 Å². The number of nitrogens with zero attached hydrogens (tertiary/aromatic N) is 1. The Morgan fingerprint density at radius 2 is 2.06 bits per heavy atom. The molecular weight excluding hydrogens is 244 g/mol. The zero-order chi connectivity index (χ0) is 12.8. The molecule has 0 aliphatic rings. The van der Waals surface area contributed by atoms with Crippen LogP contribution in [0.2, 0.25) is 0 Å². The molecule has 0 aliphatic heterocycles. The van der Waals surface area contributed by atoms with E-state index in [0.29, 0.717) is 13.2 Å². The minimum atomic E-state index is 0.519. The quantitative estimate of drug-likeness (QED) is 0.870. The van der Waals surface area contributed by atoms with Crippen LogP contribution in [0.15, 0.2) is 30.3 Å². The molecule has 0 bridgehead atoms. The molecule has 0 saturated carbocycles. The summed E-state index contributed by atoms with van der Waals surface area (Å²) in [7, 11) is 0. The number of aryl methyl sites for hydroxylation is 1. The largest absolute Gasteiger partial charge is 0.486 e. The number of benzene rings is 1. The van der Waals surface area contributed by atoms with E-state index >= 15 is 0 Å². The molecule has 0 atom stereocenters. The molecule has 2 N–H and O–H groups in total. The summed E-state index contributed by atoms with van der Waals surface area (Å²) in [6.07, 6.45) is 2.09. The molecule has 1 aromatic heterocycles. The summed E-state index contributed by atoms with van der Waals surface area (Å²) in [6, 6.07) is 9.80. The predicted octanol–water partition coefficient (Wildman–Crippen LogP) is 3.13. The molecule has 2 aromatic rings. The monoisotopic (exact) mass is 262 g/mol. The summed E-state index contributed by atoms with van der Waals surface area (Å²) in [4.78, 5) is 5.78. The highest BCUT2D eigenvalue weighted by molar-refractivity contribution is 7.11. The number of nitrogens with two attached hydrogens (primary N) is 1. The molecule has 96 valence electrons. The van der Waals surface area contributed by atoms with Gasteiger partial charge in [-0.2, -0.15) is 0 Å². The highest BCUT2D eigenvalue weighted by Gasteiger charge is 2.09. The van der Waals surface area contributed by atoms with Gasteiger partial charge in [0.15, 0.2) is 0 Å². The van der Waals surface area contributed by atoms with Gasteiger partial charge in [0.25, 0.3) is 0 Å². The van der Waals surface area contributed by atoms with Crippen LogP contribution in [0.3, 0.4) is 0 Å². The number of ether oxygens (including phenoxy) is 1. The maximum atomic E-state index is 5.73. The van der Waals surface area contributed by atoms with Crippen molar-refractivity contribution in [1.29, 1.82) is 0 Å². The second kappa shape index (κ2) is 6.52. The third-order valence-corrected chi connectivity index (χ3v) is 3.69. The van der Waals surface area contributed by atoms with Crippen LogP contribution in [0.25, 0.3) is 0 Å². The molecule has 0 spiro atoms. The standard InChI is InChI=1S/C14H18N2OS/c1-2-6-12-13(9-15)18-14(16-12)10-17-11-7-4-3-5-8-11/h3-5,7-8H,2,6,9-10,15H2,1H3. The predicted molar refractivity (Wildman–Crippen MR) is 74.8 cm³/mol. The Hall–Kier alpha value is -1.39. The Kier molecular flexibility index (Phi) is 4.73. The zero-order valence-corrected chi connectivity index (χ0v) is 11.4. The fourth-order valence-corrected chi connectivity index (χ4v) is 2.66. The smallest absolute Gasteiger partial charge is 0.140 e. The molecule has 1 heterocycles. The van der Waals surface area contributed by atoms with Crippen molar-refractivity contribution < 1.29 is 4.74 Å². The van der Waals surface area contributed by atoms with E-state index in [9.17, 15) is 0 Å². The average Bonchev–Trinajstić information content (AvgIpc) is 2.80. The van der Waals surface area contributed by atoms with E-state index < -0.39 is 0 Å². The van der Waals surface area contributed by atoms with E-state index in [2.05, 4.69) is 11.9 Å². The lowest BCUT2D eigenvalue weighted by atomic mass is 10.2. The number of hydrogen-bond acceptors (Lipinski definition) is 4. The summed E-state index contributed by atoms with van der Waals surface area (Å²) in [5.41, 5.74) is 6.87. The maximum absolute atomic E-state index is 5.73. The number of hydrogen-bond donors (Lipinski definition) is 1. The summed E-state index contributed by atoms with van der Waals surface area (Å²) >= 11 is 1.66. The van der Waals surface area contributed by atoms with Gasteiger partial charge in [-0.15, -0.1) is 11.3 Å². The Morgan fingerprint density at radius 1 is 1.28 bits per heavy atom. The maximum Gasteiger partial charge on any atom is 0.140 e. The molecule has 4 heteroatoms. The Bertz CT molecular complexity index is 482. The molecule has 0 saturated heterocycles. The number of thiazole rings is 1. The molecule has 0 fully saturated rings. The van der Waals surface area contributed by atoms with E-state index in [1.807, 2.05) is 30.3 Å². The summed E-state index contributed by atoms with van der Waals surface area (Å²) < 4.78 is 5.69. The van der Waals surface area contributed by atoms with Crippen LogP contribution in [0.1, 0.15) is 28.9 Å². The molecule has 3 nitrogen and oxygen atoms in total. The number of para-hydroxylation sites is 1. The fourth-order valence-electron chi connectivity index (χ4n) is 1.75. The van der Waals surface area contributed by atoms with E-state index in [0.717, 1.165) is 29.3 Å². The lowest BCUT2D eigenvalue weighted by molar-refractivity contribution is 0.305. The van der Waals surface area contributed by atoms with Crippen LogP contribution in [-0.4, -0.2) is 4.98 Å². The number of aromatic nitrogens is 1.